The Hall–Kier alpha value is -3.65. The van der Waals surface area contributed by atoms with Gasteiger partial charge in [0.25, 0.3) is 0 Å². The summed E-state index contributed by atoms with van der Waals surface area (Å²) >= 11 is 0. The molecule has 0 bridgehead atoms. The number of para-hydroxylation sites is 1. The van der Waals surface area contributed by atoms with Gasteiger partial charge in [-0.05, 0) is 75.6 Å². The number of amides is 1. The number of aryl methyl sites for hydroxylation is 2. The molecule has 36 heavy (non-hydrogen) atoms. The van der Waals surface area contributed by atoms with Gasteiger partial charge in [0.2, 0.25) is 5.91 Å². The molecular weight excluding hydrogens is 458 g/mol. The minimum Gasteiger partial charge on any atom is -0.473 e. The van der Waals surface area contributed by atoms with Crippen LogP contribution in [0.25, 0.3) is 5.57 Å². The van der Waals surface area contributed by atoms with E-state index in [0.717, 1.165) is 31.9 Å². The van der Waals surface area contributed by atoms with Crippen molar-refractivity contribution in [2.24, 2.45) is 0 Å². The Balaban J connectivity index is 0.000000538. The summed E-state index contributed by atoms with van der Waals surface area (Å²) < 4.78 is 0. The molecule has 0 radical (unpaired) electrons. The monoisotopic (exact) mass is 493 g/mol. The van der Waals surface area contributed by atoms with E-state index in [9.17, 15) is 4.79 Å². The summed E-state index contributed by atoms with van der Waals surface area (Å²) in [5.41, 5.74) is 6.91. The third-order valence-corrected chi connectivity index (χ3v) is 6.71. The van der Waals surface area contributed by atoms with Crippen LogP contribution < -0.4 is 9.80 Å². The SMILES string of the molecule is CC1=CC(C)(C)N(C(=O)CN2CCN(c3ccccc3)CC2)c2cc(C)c(C)cc21.O=C(O)C(=O)O. The van der Waals surface area contributed by atoms with Gasteiger partial charge in [-0.1, -0.05) is 24.3 Å². The van der Waals surface area contributed by atoms with E-state index >= 15 is 0 Å². The fraction of sp³-hybridized carbons (Fsp3) is 0.393. The number of carboxylic acid groups (broad SMARTS) is 2. The Morgan fingerprint density at radius 1 is 0.861 bits per heavy atom. The molecule has 0 spiro atoms. The molecule has 1 fully saturated rings. The molecule has 4 rings (SSSR count). The number of carboxylic acids is 2. The largest absolute Gasteiger partial charge is 0.473 e. The molecule has 0 unspecified atom stereocenters. The highest BCUT2D eigenvalue weighted by Gasteiger charge is 2.36. The highest BCUT2D eigenvalue weighted by molar-refractivity contribution is 6.27. The second-order valence-electron chi connectivity index (χ2n) is 9.87. The highest BCUT2D eigenvalue weighted by Crippen LogP contribution is 2.40. The van der Waals surface area contributed by atoms with Crippen LogP contribution in [0.15, 0.2) is 48.5 Å². The first-order valence-corrected chi connectivity index (χ1v) is 12.0. The Morgan fingerprint density at radius 3 is 1.97 bits per heavy atom. The average molecular weight is 494 g/mol. The summed E-state index contributed by atoms with van der Waals surface area (Å²) in [6, 6.07) is 15.0. The topological polar surface area (TPSA) is 101 Å². The Bertz CT molecular complexity index is 1150. The number of aliphatic carboxylic acids is 2. The molecule has 2 aliphatic heterocycles. The van der Waals surface area contributed by atoms with Gasteiger partial charge in [-0.25, -0.2) is 9.59 Å². The number of anilines is 2. The molecule has 2 N–H and O–H groups in total. The van der Waals surface area contributed by atoms with Crippen molar-refractivity contribution < 1.29 is 24.6 Å². The maximum atomic E-state index is 13.5. The van der Waals surface area contributed by atoms with Crippen LogP contribution in [0.4, 0.5) is 11.4 Å². The predicted octanol–water partition coefficient (Wildman–Crippen LogP) is 3.81. The Labute approximate surface area is 212 Å². The molecule has 2 aromatic carbocycles. The number of hydrogen-bond donors (Lipinski definition) is 2. The van der Waals surface area contributed by atoms with Crippen LogP contribution in [-0.4, -0.2) is 71.2 Å². The number of fused-ring (bicyclic) bond motifs is 1. The smallest absolute Gasteiger partial charge is 0.414 e. The molecule has 1 amide bonds. The minimum atomic E-state index is -1.82. The standard InChI is InChI=1S/C26H33N3O.C2H2O4/c1-19-15-23-21(3)17-26(4,5)29(24(23)16-20(19)2)25(30)18-27-11-13-28(14-12-27)22-9-7-6-8-10-22;3-1(4)2(5)6/h6-10,15-17H,11-14,18H2,1-5H3;(H,3,4)(H,5,6). The van der Waals surface area contributed by atoms with E-state index in [1.807, 2.05) is 4.90 Å². The summed E-state index contributed by atoms with van der Waals surface area (Å²) in [7, 11) is 0. The van der Waals surface area contributed by atoms with Gasteiger partial charge in [0, 0.05) is 37.4 Å². The lowest BCUT2D eigenvalue weighted by molar-refractivity contribution is -0.159. The van der Waals surface area contributed by atoms with Gasteiger partial charge in [-0.3, -0.25) is 9.69 Å². The molecule has 192 valence electrons. The Morgan fingerprint density at radius 2 is 1.42 bits per heavy atom. The van der Waals surface area contributed by atoms with E-state index in [2.05, 4.69) is 93.0 Å². The van der Waals surface area contributed by atoms with Gasteiger partial charge in [-0.15, -0.1) is 0 Å². The number of carbonyl (C=O) groups is 3. The number of piperazine rings is 1. The second kappa shape index (κ2) is 11.0. The van der Waals surface area contributed by atoms with Crippen LogP contribution in [0.1, 0.15) is 37.5 Å². The third kappa shape index (κ3) is 6.12. The van der Waals surface area contributed by atoms with Crippen LogP contribution in [0.3, 0.4) is 0 Å². The summed E-state index contributed by atoms with van der Waals surface area (Å²) in [6.07, 6.45) is 2.23. The number of hydrogen-bond acceptors (Lipinski definition) is 5. The van der Waals surface area contributed by atoms with Crippen molar-refractivity contribution in [1.29, 1.82) is 0 Å². The quantitative estimate of drug-likeness (QED) is 0.627. The van der Waals surface area contributed by atoms with Crippen LogP contribution >= 0.6 is 0 Å². The molecule has 1 saturated heterocycles. The molecule has 0 aromatic heterocycles. The number of rotatable bonds is 3. The predicted molar refractivity (Wildman–Crippen MR) is 141 cm³/mol. The summed E-state index contributed by atoms with van der Waals surface area (Å²) in [4.78, 5) is 38.5. The number of carbonyl (C=O) groups excluding carboxylic acids is 1. The van der Waals surface area contributed by atoms with E-state index in [0.29, 0.717) is 6.54 Å². The van der Waals surface area contributed by atoms with Crippen molar-refractivity contribution in [2.75, 3.05) is 42.5 Å². The van der Waals surface area contributed by atoms with Crippen molar-refractivity contribution in [2.45, 2.75) is 40.2 Å². The average Bonchev–Trinajstić information content (AvgIpc) is 2.81. The fourth-order valence-corrected chi connectivity index (χ4v) is 4.81. The van der Waals surface area contributed by atoms with Crippen LogP contribution in [0, 0.1) is 13.8 Å². The third-order valence-electron chi connectivity index (χ3n) is 6.71. The molecule has 8 nitrogen and oxygen atoms in total. The fourth-order valence-electron chi connectivity index (χ4n) is 4.81. The van der Waals surface area contributed by atoms with E-state index in [1.165, 1.54) is 28.0 Å². The van der Waals surface area contributed by atoms with Gasteiger partial charge in [0.1, 0.15) is 0 Å². The summed E-state index contributed by atoms with van der Waals surface area (Å²) in [5, 5.41) is 14.8. The zero-order valence-electron chi connectivity index (χ0n) is 21.6. The molecule has 0 saturated carbocycles. The first-order chi connectivity index (χ1) is 16.9. The number of nitrogens with zero attached hydrogens (tertiary/aromatic N) is 3. The zero-order valence-corrected chi connectivity index (χ0v) is 21.6. The number of allylic oxidation sites excluding steroid dienone is 1. The van der Waals surface area contributed by atoms with Crippen LogP contribution in [-0.2, 0) is 14.4 Å². The maximum absolute atomic E-state index is 13.5. The van der Waals surface area contributed by atoms with Crippen molar-refractivity contribution in [1.82, 2.24) is 4.90 Å². The summed E-state index contributed by atoms with van der Waals surface area (Å²) in [6.45, 7) is 14.9. The van der Waals surface area contributed by atoms with Gasteiger partial charge >= 0.3 is 11.9 Å². The first-order valence-electron chi connectivity index (χ1n) is 12.0. The number of benzene rings is 2. The minimum absolute atomic E-state index is 0.182. The Kier molecular flexibility index (Phi) is 8.20. The van der Waals surface area contributed by atoms with E-state index in [4.69, 9.17) is 19.8 Å². The first kappa shape index (κ1) is 26.9. The van der Waals surface area contributed by atoms with Gasteiger partial charge in [0.05, 0.1) is 17.8 Å². The molecule has 8 heteroatoms. The molecule has 2 aliphatic rings. The van der Waals surface area contributed by atoms with Crippen molar-refractivity contribution in [3.8, 4) is 0 Å². The molecule has 0 atom stereocenters. The molecule has 2 heterocycles. The van der Waals surface area contributed by atoms with Crippen LogP contribution in [0.2, 0.25) is 0 Å². The molecule has 2 aromatic rings. The normalized spacial score (nSPS) is 16.9. The lowest BCUT2D eigenvalue weighted by atomic mass is 9.87. The zero-order chi connectivity index (χ0) is 26.6. The lowest BCUT2D eigenvalue weighted by Crippen LogP contribution is -2.55. The van der Waals surface area contributed by atoms with E-state index in [-0.39, 0.29) is 11.4 Å². The van der Waals surface area contributed by atoms with Gasteiger partial charge in [-0.2, -0.15) is 0 Å². The molecular formula is C28H35N3O5. The second-order valence-corrected chi connectivity index (χ2v) is 9.87. The van der Waals surface area contributed by atoms with Crippen molar-refractivity contribution in [3.05, 3.63) is 65.2 Å². The van der Waals surface area contributed by atoms with Crippen molar-refractivity contribution >= 4 is 34.8 Å². The lowest BCUT2D eigenvalue weighted by Gasteiger charge is -2.43. The maximum Gasteiger partial charge on any atom is 0.414 e. The summed E-state index contributed by atoms with van der Waals surface area (Å²) in [5.74, 6) is -3.47. The van der Waals surface area contributed by atoms with E-state index < -0.39 is 11.9 Å². The van der Waals surface area contributed by atoms with Crippen molar-refractivity contribution in [3.63, 3.8) is 0 Å². The van der Waals surface area contributed by atoms with Crippen LogP contribution in [0.5, 0.6) is 0 Å². The van der Waals surface area contributed by atoms with Gasteiger partial charge in [0.15, 0.2) is 0 Å². The highest BCUT2D eigenvalue weighted by atomic mass is 16.4. The molecule has 0 aliphatic carbocycles. The van der Waals surface area contributed by atoms with E-state index in [1.54, 1.807) is 0 Å². The van der Waals surface area contributed by atoms with Gasteiger partial charge < -0.3 is 20.0 Å².